The lowest BCUT2D eigenvalue weighted by Crippen LogP contribution is -2.44. The first-order chi connectivity index (χ1) is 11.1. The molecule has 23 heavy (non-hydrogen) atoms. The predicted molar refractivity (Wildman–Crippen MR) is 91.5 cm³/mol. The predicted octanol–water partition coefficient (Wildman–Crippen LogP) is 2.12. The quantitative estimate of drug-likeness (QED) is 0.882. The van der Waals surface area contributed by atoms with E-state index in [1.54, 1.807) is 12.1 Å². The Morgan fingerprint density at radius 3 is 2.65 bits per heavy atom. The van der Waals surface area contributed by atoms with Crippen LogP contribution in [0.15, 0.2) is 39.5 Å². The highest BCUT2D eigenvalue weighted by Gasteiger charge is 2.15. The molecule has 1 amide bonds. The summed E-state index contributed by atoms with van der Waals surface area (Å²) < 4.78 is 5.76. The Morgan fingerprint density at radius 2 is 2.04 bits per heavy atom. The van der Waals surface area contributed by atoms with Crippen molar-refractivity contribution in [2.45, 2.75) is 6.54 Å². The van der Waals surface area contributed by atoms with Crippen molar-refractivity contribution in [3.8, 4) is 0 Å². The lowest BCUT2D eigenvalue weighted by molar-refractivity contribution is 0.0922. The first-order valence-corrected chi connectivity index (χ1v) is 8.33. The van der Waals surface area contributed by atoms with Crippen LogP contribution in [0, 0.1) is 0 Å². The monoisotopic (exact) mass is 378 g/mol. The Balaban J connectivity index is 1.54. The molecular formula is C16H19BrN4O2. The number of carbonyl (C=O) groups excluding carboxylic acids is 1. The maximum absolute atomic E-state index is 11.9. The summed E-state index contributed by atoms with van der Waals surface area (Å²) in [6, 6.07) is 7.34. The third-order valence-electron chi connectivity index (χ3n) is 3.89. The van der Waals surface area contributed by atoms with Gasteiger partial charge in [0.15, 0.2) is 10.4 Å². The summed E-state index contributed by atoms with van der Waals surface area (Å²) in [6.45, 7) is 4.52. The van der Waals surface area contributed by atoms with Gasteiger partial charge in [0.05, 0.1) is 0 Å². The number of nitrogens with zero attached hydrogens (tertiary/aromatic N) is 3. The number of anilines is 1. The molecule has 0 unspecified atom stereocenters. The van der Waals surface area contributed by atoms with Crippen LogP contribution >= 0.6 is 15.9 Å². The summed E-state index contributed by atoms with van der Waals surface area (Å²) in [5.74, 6) is 1.04. The first-order valence-electron chi connectivity index (χ1n) is 7.54. The van der Waals surface area contributed by atoms with Crippen LogP contribution in [0.25, 0.3) is 0 Å². The standard InChI is InChI=1S/C16H19BrN4O2/c1-20-6-8-21(9-7-20)15-5-2-12(10-18-15)11-19-16(22)13-3-4-14(17)23-13/h2-5,10H,6-9,11H2,1H3,(H,19,22). The molecule has 122 valence electrons. The Hall–Kier alpha value is -1.86. The van der Waals surface area contributed by atoms with E-state index in [1.165, 1.54) is 0 Å². The van der Waals surface area contributed by atoms with E-state index in [2.05, 4.69) is 43.1 Å². The van der Waals surface area contributed by atoms with Gasteiger partial charge in [0, 0.05) is 38.9 Å². The fourth-order valence-corrected chi connectivity index (χ4v) is 2.76. The second-order valence-electron chi connectivity index (χ2n) is 5.60. The van der Waals surface area contributed by atoms with Gasteiger partial charge in [-0.3, -0.25) is 4.79 Å². The van der Waals surface area contributed by atoms with E-state index < -0.39 is 0 Å². The maximum atomic E-state index is 11.9. The van der Waals surface area contributed by atoms with Crippen molar-refractivity contribution in [2.24, 2.45) is 0 Å². The molecule has 0 bridgehead atoms. The Kier molecular flexibility index (Phi) is 4.97. The number of furan rings is 1. The lowest BCUT2D eigenvalue weighted by atomic mass is 10.2. The lowest BCUT2D eigenvalue weighted by Gasteiger charge is -2.33. The molecular weight excluding hydrogens is 360 g/mol. The molecule has 1 N–H and O–H groups in total. The third kappa shape index (κ3) is 4.11. The number of pyridine rings is 1. The average Bonchev–Trinajstić information content (AvgIpc) is 3.00. The minimum atomic E-state index is -0.237. The zero-order valence-electron chi connectivity index (χ0n) is 13.0. The van der Waals surface area contributed by atoms with E-state index in [-0.39, 0.29) is 5.91 Å². The SMILES string of the molecule is CN1CCN(c2ccc(CNC(=O)c3ccc(Br)o3)cn2)CC1. The molecule has 0 saturated carbocycles. The smallest absolute Gasteiger partial charge is 0.287 e. The van der Waals surface area contributed by atoms with E-state index in [4.69, 9.17) is 4.42 Å². The summed E-state index contributed by atoms with van der Waals surface area (Å²) in [5, 5.41) is 2.82. The van der Waals surface area contributed by atoms with Crippen molar-refractivity contribution in [1.82, 2.24) is 15.2 Å². The molecule has 1 aliphatic rings. The van der Waals surface area contributed by atoms with E-state index in [0.717, 1.165) is 37.6 Å². The number of aromatic nitrogens is 1. The van der Waals surface area contributed by atoms with E-state index in [1.807, 2.05) is 18.3 Å². The van der Waals surface area contributed by atoms with Gasteiger partial charge in [-0.25, -0.2) is 4.98 Å². The van der Waals surface area contributed by atoms with Gasteiger partial charge in [0.25, 0.3) is 5.91 Å². The Bertz CT molecular complexity index is 663. The van der Waals surface area contributed by atoms with E-state index in [9.17, 15) is 4.79 Å². The molecule has 0 spiro atoms. The van der Waals surface area contributed by atoms with E-state index in [0.29, 0.717) is 17.0 Å². The zero-order chi connectivity index (χ0) is 16.2. The number of nitrogens with one attached hydrogen (secondary N) is 1. The minimum absolute atomic E-state index is 0.237. The summed E-state index contributed by atoms with van der Waals surface area (Å²) in [4.78, 5) is 21.0. The molecule has 0 atom stereocenters. The summed E-state index contributed by atoms with van der Waals surface area (Å²) in [7, 11) is 2.13. The van der Waals surface area contributed by atoms with E-state index >= 15 is 0 Å². The molecule has 2 aromatic rings. The van der Waals surface area contributed by atoms with Crippen LogP contribution in [0.4, 0.5) is 5.82 Å². The molecule has 0 radical (unpaired) electrons. The number of hydrogen-bond acceptors (Lipinski definition) is 5. The van der Waals surface area contributed by atoms with Crippen molar-refractivity contribution in [2.75, 3.05) is 38.1 Å². The van der Waals surface area contributed by atoms with Crippen LogP contribution in [-0.2, 0) is 6.54 Å². The van der Waals surface area contributed by atoms with Crippen LogP contribution < -0.4 is 10.2 Å². The second kappa shape index (κ2) is 7.14. The van der Waals surface area contributed by atoms with Gasteiger partial charge in [-0.05, 0) is 46.7 Å². The first kappa shape index (κ1) is 16.0. The Morgan fingerprint density at radius 1 is 1.26 bits per heavy atom. The third-order valence-corrected chi connectivity index (χ3v) is 4.31. The molecule has 3 heterocycles. The van der Waals surface area contributed by atoms with Gasteiger partial charge >= 0.3 is 0 Å². The average molecular weight is 379 g/mol. The number of rotatable bonds is 4. The topological polar surface area (TPSA) is 61.6 Å². The van der Waals surface area contributed by atoms with Crippen molar-refractivity contribution < 1.29 is 9.21 Å². The van der Waals surface area contributed by atoms with Crippen molar-refractivity contribution in [3.63, 3.8) is 0 Å². The molecule has 2 aromatic heterocycles. The molecule has 3 rings (SSSR count). The van der Waals surface area contributed by atoms with Crippen LogP contribution in [0.5, 0.6) is 0 Å². The Labute approximate surface area is 143 Å². The van der Waals surface area contributed by atoms with Gasteiger partial charge in [-0.1, -0.05) is 6.07 Å². The number of piperazine rings is 1. The number of likely N-dealkylation sites (N-methyl/N-ethyl adjacent to an activating group) is 1. The largest absolute Gasteiger partial charge is 0.444 e. The van der Waals surface area contributed by atoms with Crippen LogP contribution in [-0.4, -0.2) is 49.0 Å². The summed E-state index contributed by atoms with van der Waals surface area (Å²) in [5.41, 5.74) is 0.960. The highest BCUT2D eigenvalue weighted by Crippen LogP contribution is 2.15. The van der Waals surface area contributed by atoms with Crippen molar-refractivity contribution >= 4 is 27.7 Å². The minimum Gasteiger partial charge on any atom is -0.444 e. The molecule has 7 heteroatoms. The molecule has 1 fully saturated rings. The fourth-order valence-electron chi connectivity index (χ4n) is 2.45. The molecule has 0 aliphatic carbocycles. The number of halogens is 1. The van der Waals surface area contributed by atoms with Gasteiger partial charge in [0.1, 0.15) is 5.82 Å². The van der Waals surface area contributed by atoms with Crippen LogP contribution in [0.1, 0.15) is 16.1 Å². The zero-order valence-corrected chi connectivity index (χ0v) is 14.5. The van der Waals surface area contributed by atoms with Gasteiger partial charge in [-0.2, -0.15) is 0 Å². The van der Waals surface area contributed by atoms with Crippen LogP contribution in [0.2, 0.25) is 0 Å². The highest BCUT2D eigenvalue weighted by molar-refractivity contribution is 9.10. The maximum Gasteiger partial charge on any atom is 0.287 e. The number of carbonyl (C=O) groups is 1. The second-order valence-corrected chi connectivity index (χ2v) is 6.38. The normalized spacial score (nSPS) is 15.7. The van der Waals surface area contributed by atoms with Crippen molar-refractivity contribution in [3.05, 3.63) is 46.5 Å². The number of hydrogen-bond donors (Lipinski definition) is 1. The van der Waals surface area contributed by atoms with Gasteiger partial charge in [0.2, 0.25) is 0 Å². The fraction of sp³-hybridized carbons (Fsp3) is 0.375. The van der Waals surface area contributed by atoms with Crippen molar-refractivity contribution in [1.29, 1.82) is 0 Å². The summed E-state index contributed by atoms with van der Waals surface area (Å²) in [6.07, 6.45) is 1.81. The molecule has 1 aliphatic heterocycles. The summed E-state index contributed by atoms with van der Waals surface area (Å²) >= 11 is 3.18. The number of amides is 1. The van der Waals surface area contributed by atoms with Gasteiger partial charge in [-0.15, -0.1) is 0 Å². The molecule has 0 aromatic carbocycles. The van der Waals surface area contributed by atoms with Crippen LogP contribution in [0.3, 0.4) is 0 Å². The molecule has 1 saturated heterocycles. The highest BCUT2D eigenvalue weighted by atomic mass is 79.9. The van der Waals surface area contributed by atoms with Gasteiger partial charge < -0.3 is 19.5 Å². The molecule has 6 nitrogen and oxygen atoms in total.